The molecule has 4 rings (SSSR count). The van der Waals surface area contributed by atoms with Gasteiger partial charge in [0.15, 0.2) is 0 Å². The number of nitrogens with one attached hydrogen (secondary N) is 2. The fourth-order valence-electron chi connectivity index (χ4n) is 3.72. The number of aryl methyl sites for hydroxylation is 1. The summed E-state index contributed by atoms with van der Waals surface area (Å²) in [5, 5.41) is 10.7. The molecule has 3 atom stereocenters. The predicted molar refractivity (Wildman–Crippen MR) is 108 cm³/mol. The highest BCUT2D eigenvalue weighted by molar-refractivity contribution is 5.95. The highest BCUT2D eigenvalue weighted by Gasteiger charge is 2.41. The number of nitrogens with zero attached hydrogens (tertiary/aromatic N) is 3. The Labute approximate surface area is 163 Å². The third kappa shape index (κ3) is 3.19. The Hall–Kier alpha value is -3.35. The van der Waals surface area contributed by atoms with E-state index in [1.54, 1.807) is 11.8 Å². The van der Waals surface area contributed by atoms with E-state index in [1.807, 2.05) is 62.4 Å². The van der Waals surface area contributed by atoms with E-state index < -0.39 is 0 Å². The van der Waals surface area contributed by atoms with Gasteiger partial charge in [0.05, 0.1) is 24.8 Å². The van der Waals surface area contributed by atoms with Crippen molar-refractivity contribution >= 4 is 17.5 Å². The lowest BCUT2D eigenvalue weighted by atomic mass is 9.85. The van der Waals surface area contributed by atoms with E-state index in [0.29, 0.717) is 17.4 Å². The summed E-state index contributed by atoms with van der Waals surface area (Å²) in [5.74, 6) is 0.804. The van der Waals surface area contributed by atoms with E-state index in [4.69, 9.17) is 4.74 Å². The van der Waals surface area contributed by atoms with Crippen LogP contribution < -0.4 is 15.4 Å². The van der Waals surface area contributed by atoms with E-state index in [-0.39, 0.29) is 23.9 Å². The van der Waals surface area contributed by atoms with Gasteiger partial charge in [-0.15, -0.1) is 0 Å². The molecule has 3 aromatic rings. The summed E-state index contributed by atoms with van der Waals surface area (Å²) < 4.78 is 7.16. The minimum absolute atomic E-state index is 0.101. The van der Waals surface area contributed by atoms with Crippen LogP contribution in [0.5, 0.6) is 5.75 Å². The zero-order chi connectivity index (χ0) is 19.7. The van der Waals surface area contributed by atoms with Gasteiger partial charge in [0.2, 0.25) is 11.9 Å². The van der Waals surface area contributed by atoms with Gasteiger partial charge in [0.1, 0.15) is 12.1 Å². The van der Waals surface area contributed by atoms with Crippen molar-refractivity contribution in [3.63, 3.8) is 0 Å². The molecule has 7 heteroatoms. The van der Waals surface area contributed by atoms with Gasteiger partial charge in [0.25, 0.3) is 0 Å². The predicted octanol–water partition coefficient (Wildman–Crippen LogP) is 3.25. The number of methoxy groups -OCH3 is 1. The van der Waals surface area contributed by atoms with Gasteiger partial charge in [-0.3, -0.25) is 4.79 Å². The molecule has 0 saturated heterocycles. The van der Waals surface area contributed by atoms with Crippen molar-refractivity contribution in [2.75, 3.05) is 17.7 Å². The van der Waals surface area contributed by atoms with E-state index in [2.05, 4.69) is 20.7 Å². The van der Waals surface area contributed by atoms with Gasteiger partial charge in [-0.2, -0.15) is 10.1 Å². The topological polar surface area (TPSA) is 81.1 Å². The number of hydrogen-bond donors (Lipinski definition) is 2. The first-order valence-corrected chi connectivity index (χ1v) is 9.25. The minimum atomic E-state index is -0.387. The number of benzene rings is 2. The van der Waals surface area contributed by atoms with Crippen molar-refractivity contribution in [3.8, 4) is 5.75 Å². The average molecular weight is 377 g/mol. The van der Waals surface area contributed by atoms with Crippen molar-refractivity contribution in [3.05, 3.63) is 66.0 Å². The highest BCUT2D eigenvalue weighted by Crippen LogP contribution is 2.37. The normalized spacial score (nSPS) is 20.8. The van der Waals surface area contributed by atoms with Crippen LogP contribution in [0.1, 0.15) is 24.1 Å². The molecule has 0 fully saturated rings. The lowest BCUT2D eigenvalue weighted by Crippen LogP contribution is -2.46. The molecular formula is C21H23N5O2. The number of aromatic nitrogens is 3. The number of carbonyl (C=O) groups excluding carboxylic acids is 1. The zero-order valence-electron chi connectivity index (χ0n) is 16.1. The Morgan fingerprint density at radius 1 is 1.18 bits per heavy atom. The standard InChI is InChI=1S/C21H23N5O2/c1-13-8-10-15(11-9-13)19-18(14(2)24-21-22-12-23-26(19)21)20(27)25-16-6-4-5-7-17(16)28-3/h4-12,14,18-19H,1-3H3,(H,25,27)(H,22,23,24)/t14-,18+,19+/m0/s1. The van der Waals surface area contributed by atoms with Crippen molar-refractivity contribution in [1.29, 1.82) is 0 Å². The van der Waals surface area contributed by atoms with Crippen LogP contribution in [-0.2, 0) is 4.79 Å². The summed E-state index contributed by atoms with van der Waals surface area (Å²) in [4.78, 5) is 17.7. The van der Waals surface area contributed by atoms with Crippen LogP contribution >= 0.6 is 0 Å². The first kappa shape index (κ1) is 18.0. The number of anilines is 2. The van der Waals surface area contributed by atoms with Crippen LogP contribution in [0.2, 0.25) is 0 Å². The third-order valence-electron chi connectivity index (χ3n) is 5.16. The average Bonchev–Trinajstić information content (AvgIpc) is 3.16. The number of rotatable bonds is 4. The van der Waals surface area contributed by atoms with Crippen LogP contribution in [0.4, 0.5) is 11.6 Å². The van der Waals surface area contributed by atoms with Crippen molar-refractivity contribution < 1.29 is 9.53 Å². The maximum Gasteiger partial charge on any atom is 0.232 e. The molecule has 0 saturated carbocycles. The molecule has 0 radical (unpaired) electrons. The molecule has 2 heterocycles. The summed E-state index contributed by atoms with van der Waals surface area (Å²) in [6, 6.07) is 15.2. The molecule has 0 aliphatic carbocycles. The van der Waals surface area contributed by atoms with Gasteiger partial charge in [0, 0.05) is 6.04 Å². The van der Waals surface area contributed by atoms with Gasteiger partial charge >= 0.3 is 0 Å². The second-order valence-electron chi connectivity index (χ2n) is 7.03. The van der Waals surface area contributed by atoms with E-state index in [9.17, 15) is 4.79 Å². The largest absolute Gasteiger partial charge is 0.495 e. The van der Waals surface area contributed by atoms with E-state index >= 15 is 0 Å². The van der Waals surface area contributed by atoms with Crippen LogP contribution in [0.3, 0.4) is 0 Å². The summed E-state index contributed by atoms with van der Waals surface area (Å²) in [6.45, 7) is 4.04. The second kappa shape index (κ2) is 7.34. The molecule has 2 N–H and O–H groups in total. The SMILES string of the molecule is COc1ccccc1NC(=O)[C@@H]1[C@H](C)Nc2ncnn2[C@@H]1c1ccc(C)cc1. The molecule has 7 nitrogen and oxygen atoms in total. The number of fused-ring (bicyclic) bond motifs is 1. The van der Waals surface area contributed by atoms with Crippen molar-refractivity contribution in [2.45, 2.75) is 25.9 Å². The minimum Gasteiger partial charge on any atom is -0.495 e. The first-order valence-electron chi connectivity index (χ1n) is 9.25. The molecule has 0 unspecified atom stereocenters. The number of ether oxygens (including phenoxy) is 1. The molecule has 144 valence electrons. The summed E-state index contributed by atoms with van der Waals surface area (Å²) >= 11 is 0. The first-order chi connectivity index (χ1) is 13.6. The number of hydrogen-bond acceptors (Lipinski definition) is 5. The van der Waals surface area contributed by atoms with E-state index in [1.165, 1.54) is 11.9 Å². The Morgan fingerprint density at radius 2 is 1.93 bits per heavy atom. The molecule has 28 heavy (non-hydrogen) atoms. The Balaban J connectivity index is 1.72. The molecule has 1 aliphatic heterocycles. The smallest absolute Gasteiger partial charge is 0.232 e. The molecule has 1 aliphatic rings. The summed E-state index contributed by atoms with van der Waals surface area (Å²) in [7, 11) is 1.59. The molecular weight excluding hydrogens is 354 g/mol. The van der Waals surface area contributed by atoms with Gasteiger partial charge in [-0.25, -0.2) is 4.68 Å². The van der Waals surface area contributed by atoms with Crippen LogP contribution in [-0.4, -0.2) is 33.8 Å². The van der Waals surface area contributed by atoms with Crippen molar-refractivity contribution in [1.82, 2.24) is 14.8 Å². The second-order valence-corrected chi connectivity index (χ2v) is 7.03. The Kier molecular flexibility index (Phi) is 4.73. The Morgan fingerprint density at radius 3 is 2.68 bits per heavy atom. The van der Waals surface area contributed by atoms with Gasteiger partial charge in [-0.05, 0) is 31.5 Å². The number of amides is 1. The molecule has 0 bridgehead atoms. The maximum absolute atomic E-state index is 13.4. The van der Waals surface area contributed by atoms with Gasteiger partial charge < -0.3 is 15.4 Å². The fraction of sp³-hybridized carbons (Fsp3) is 0.286. The number of carbonyl (C=O) groups is 1. The molecule has 2 aromatic carbocycles. The quantitative estimate of drug-likeness (QED) is 0.729. The Bertz CT molecular complexity index is 982. The van der Waals surface area contributed by atoms with Crippen LogP contribution in [0, 0.1) is 12.8 Å². The lowest BCUT2D eigenvalue weighted by Gasteiger charge is -2.37. The highest BCUT2D eigenvalue weighted by atomic mass is 16.5. The van der Waals surface area contributed by atoms with Crippen LogP contribution in [0.15, 0.2) is 54.9 Å². The monoisotopic (exact) mass is 377 g/mol. The van der Waals surface area contributed by atoms with Crippen LogP contribution in [0.25, 0.3) is 0 Å². The summed E-state index contributed by atoms with van der Waals surface area (Å²) in [6.07, 6.45) is 1.51. The molecule has 1 amide bonds. The maximum atomic E-state index is 13.4. The van der Waals surface area contributed by atoms with Crippen molar-refractivity contribution in [2.24, 2.45) is 5.92 Å². The van der Waals surface area contributed by atoms with E-state index in [0.717, 1.165) is 5.56 Å². The third-order valence-corrected chi connectivity index (χ3v) is 5.16. The fourth-order valence-corrected chi connectivity index (χ4v) is 3.72. The van der Waals surface area contributed by atoms with Gasteiger partial charge in [-0.1, -0.05) is 42.0 Å². The molecule has 1 aromatic heterocycles. The zero-order valence-corrected chi connectivity index (χ0v) is 16.1. The number of para-hydroxylation sites is 2. The molecule has 0 spiro atoms. The summed E-state index contributed by atoms with van der Waals surface area (Å²) in [5.41, 5.74) is 2.83. The lowest BCUT2D eigenvalue weighted by molar-refractivity contribution is -0.121.